The van der Waals surface area contributed by atoms with Gasteiger partial charge in [0.2, 0.25) is 0 Å². The van der Waals surface area contributed by atoms with Crippen molar-refractivity contribution in [1.82, 2.24) is 5.32 Å². The zero-order chi connectivity index (χ0) is 14.0. The lowest BCUT2D eigenvalue weighted by molar-refractivity contribution is 0.249. The number of nitrogens with one attached hydrogen (secondary N) is 2. The second-order valence-corrected chi connectivity index (χ2v) is 7.80. The largest absolute Gasteiger partial charge is 0.334 e. The fourth-order valence-corrected chi connectivity index (χ4v) is 4.02. The molecular formula is C12H15BrN2O3S. The molecule has 0 aliphatic carbocycles. The van der Waals surface area contributed by atoms with Crippen molar-refractivity contribution in [2.75, 3.05) is 16.8 Å². The van der Waals surface area contributed by atoms with Gasteiger partial charge >= 0.3 is 6.03 Å². The van der Waals surface area contributed by atoms with Crippen molar-refractivity contribution in [1.29, 1.82) is 0 Å². The van der Waals surface area contributed by atoms with E-state index >= 15 is 0 Å². The highest BCUT2D eigenvalue weighted by molar-refractivity contribution is 9.10. The number of aryl methyl sites for hydroxylation is 1. The number of sulfone groups is 1. The Bertz CT molecular complexity index is 601. The molecule has 1 atom stereocenters. The lowest BCUT2D eigenvalue weighted by Crippen LogP contribution is -2.38. The Hall–Kier alpha value is -1.08. The fourth-order valence-electron chi connectivity index (χ4n) is 1.98. The average molecular weight is 347 g/mol. The fraction of sp³-hybridized carbons (Fsp3) is 0.417. The molecular weight excluding hydrogens is 332 g/mol. The highest BCUT2D eigenvalue weighted by atomic mass is 79.9. The van der Waals surface area contributed by atoms with Gasteiger partial charge in [-0.1, -0.05) is 22.0 Å². The molecule has 1 aromatic rings. The van der Waals surface area contributed by atoms with Gasteiger partial charge in [-0.2, -0.15) is 0 Å². The van der Waals surface area contributed by atoms with E-state index in [1.54, 1.807) is 6.07 Å². The van der Waals surface area contributed by atoms with E-state index in [1.807, 2.05) is 19.1 Å². The number of hydrogen-bond donors (Lipinski definition) is 2. The van der Waals surface area contributed by atoms with Gasteiger partial charge in [-0.05, 0) is 31.0 Å². The Balaban J connectivity index is 1.97. The molecule has 1 heterocycles. The van der Waals surface area contributed by atoms with Crippen molar-refractivity contribution < 1.29 is 13.2 Å². The van der Waals surface area contributed by atoms with E-state index in [1.165, 1.54) is 0 Å². The van der Waals surface area contributed by atoms with Crippen molar-refractivity contribution in [3.63, 3.8) is 0 Å². The molecule has 1 aliphatic heterocycles. The van der Waals surface area contributed by atoms with Crippen LogP contribution in [0.1, 0.15) is 12.0 Å². The normalized spacial score (nSPS) is 21.1. The molecule has 1 fully saturated rings. The molecule has 1 aromatic carbocycles. The molecule has 104 valence electrons. The number of carbonyl (C=O) groups is 1. The summed E-state index contributed by atoms with van der Waals surface area (Å²) in [5.41, 5.74) is 1.64. The highest BCUT2D eigenvalue weighted by Crippen LogP contribution is 2.20. The molecule has 0 bridgehead atoms. The smallest absolute Gasteiger partial charge is 0.319 e. The minimum absolute atomic E-state index is 0.0257. The summed E-state index contributed by atoms with van der Waals surface area (Å²) in [5, 5.41) is 5.42. The minimum atomic E-state index is -2.98. The first-order valence-electron chi connectivity index (χ1n) is 5.90. The number of amides is 2. The van der Waals surface area contributed by atoms with Gasteiger partial charge in [0.25, 0.3) is 0 Å². The molecule has 1 saturated heterocycles. The molecule has 0 radical (unpaired) electrons. The maximum absolute atomic E-state index is 11.8. The monoisotopic (exact) mass is 346 g/mol. The standard InChI is InChI=1S/C12H15BrN2O3S/c1-8-2-3-9(13)6-11(8)15-12(16)14-10-4-5-19(17,18)7-10/h2-3,6,10H,4-5,7H2,1H3,(H2,14,15,16). The maximum Gasteiger partial charge on any atom is 0.319 e. The Morgan fingerprint density at radius 1 is 1.42 bits per heavy atom. The molecule has 2 rings (SSSR count). The molecule has 0 spiro atoms. The Kier molecular flexibility index (Phi) is 4.15. The minimum Gasteiger partial charge on any atom is -0.334 e. The molecule has 2 amide bonds. The van der Waals surface area contributed by atoms with Crippen molar-refractivity contribution in [2.45, 2.75) is 19.4 Å². The Labute approximate surface area is 120 Å². The third kappa shape index (κ3) is 3.94. The predicted octanol–water partition coefficient (Wildman–Crippen LogP) is 2.07. The molecule has 0 aromatic heterocycles. The van der Waals surface area contributed by atoms with E-state index in [0.717, 1.165) is 10.0 Å². The number of carbonyl (C=O) groups excluding carboxylic acids is 1. The summed E-state index contributed by atoms with van der Waals surface area (Å²) in [7, 11) is -2.98. The average Bonchev–Trinajstić information content (AvgIpc) is 2.63. The molecule has 19 heavy (non-hydrogen) atoms. The van der Waals surface area contributed by atoms with Gasteiger partial charge in [-0.15, -0.1) is 0 Å². The Morgan fingerprint density at radius 2 is 2.16 bits per heavy atom. The van der Waals surface area contributed by atoms with E-state index in [0.29, 0.717) is 12.1 Å². The summed E-state index contributed by atoms with van der Waals surface area (Å²) in [5.74, 6) is 0.172. The quantitative estimate of drug-likeness (QED) is 0.860. The molecule has 1 unspecified atom stereocenters. The molecule has 0 saturated carbocycles. The van der Waals surface area contributed by atoms with Crippen LogP contribution in [-0.4, -0.2) is 32.0 Å². The predicted molar refractivity (Wildman–Crippen MR) is 78.1 cm³/mol. The van der Waals surface area contributed by atoms with Crippen LogP contribution < -0.4 is 10.6 Å². The van der Waals surface area contributed by atoms with Crippen LogP contribution in [-0.2, 0) is 9.84 Å². The van der Waals surface area contributed by atoms with Crippen molar-refractivity contribution >= 4 is 37.5 Å². The first-order valence-corrected chi connectivity index (χ1v) is 8.51. The zero-order valence-corrected chi connectivity index (χ0v) is 12.8. The third-order valence-electron chi connectivity index (χ3n) is 3.02. The van der Waals surface area contributed by atoms with Gasteiger partial charge in [-0.25, -0.2) is 13.2 Å². The van der Waals surface area contributed by atoms with E-state index < -0.39 is 9.84 Å². The van der Waals surface area contributed by atoms with Crippen LogP contribution in [0, 0.1) is 6.92 Å². The first kappa shape index (κ1) is 14.3. The number of urea groups is 1. The van der Waals surface area contributed by atoms with E-state index in [-0.39, 0.29) is 23.6 Å². The van der Waals surface area contributed by atoms with Gasteiger partial charge in [0, 0.05) is 16.2 Å². The third-order valence-corrected chi connectivity index (χ3v) is 5.28. The van der Waals surface area contributed by atoms with Crippen LogP contribution in [0.4, 0.5) is 10.5 Å². The van der Waals surface area contributed by atoms with Crippen LogP contribution in [0.25, 0.3) is 0 Å². The van der Waals surface area contributed by atoms with Crippen LogP contribution >= 0.6 is 15.9 Å². The second-order valence-electron chi connectivity index (χ2n) is 4.66. The van der Waals surface area contributed by atoms with E-state index in [4.69, 9.17) is 0 Å². The lowest BCUT2D eigenvalue weighted by Gasteiger charge is -2.13. The number of benzene rings is 1. The molecule has 7 heteroatoms. The van der Waals surface area contributed by atoms with Crippen molar-refractivity contribution in [2.24, 2.45) is 0 Å². The van der Waals surface area contributed by atoms with Crippen LogP contribution in [0.3, 0.4) is 0 Å². The summed E-state index contributed by atoms with van der Waals surface area (Å²) in [4.78, 5) is 11.8. The summed E-state index contributed by atoms with van der Waals surface area (Å²) < 4.78 is 23.5. The Morgan fingerprint density at radius 3 is 2.79 bits per heavy atom. The van der Waals surface area contributed by atoms with Gasteiger partial charge in [0.05, 0.1) is 11.5 Å². The summed E-state index contributed by atoms with van der Waals surface area (Å²) in [6.07, 6.45) is 0.479. The van der Waals surface area contributed by atoms with Crippen LogP contribution in [0.15, 0.2) is 22.7 Å². The molecule has 2 N–H and O–H groups in total. The first-order chi connectivity index (χ1) is 8.85. The lowest BCUT2D eigenvalue weighted by atomic mass is 10.2. The van der Waals surface area contributed by atoms with Gasteiger partial charge < -0.3 is 10.6 Å². The topological polar surface area (TPSA) is 75.3 Å². The van der Waals surface area contributed by atoms with Crippen molar-refractivity contribution in [3.8, 4) is 0 Å². The van der Waals surface area contributed by atoms with Crippen molar-refractivity contribution in [3.05, 3.63) is 28.2 Å². The van der Waals surface area contributed by atoms with Crippen LogP contribution in [0.2, 0.25) is 0 Å². The molecule has 1 aliphatic rings. The number of halogens is 1. The maximum atomic E-state index is 11.8. The zero-order valence-electron chi connectivity index (χ0n) is 10.4. The SMILES string of the molecule is Cc1ccc(Br)cc1NC(=O)NC1CCS(=O)(=O)C1. The number of anilines is 1. The van der Waals surface area contributed by atoms with Crippen LogP contribution in [0.5, 0.6) is 0 Å². The highest BCUT2D eigenvalue weighted by Gasteiger charge is 2.28. The molecule has 5 nitrogen and oxygen atoms in total. The van der Waals surface area contributed by atoms with E-state index in [9.17, 15) is 13.2 Å². The number of hydrogen-bond acceptors (Lipinski definition) is 3. The summed E-state index contributed by atoms with van der Waals surface area (Å²) >= 11 is 3.34. The summed E-state index contributed by atoms with van der Waals surface area (Å²) in [6.45, 7) is 1.89. The van der Waals surface area contributed by atoms with Gasteiger partial charge in [-0.3, -0.25) is 0 Å². The van der Waals surface area contributed by atoms with Gasteiger partial charge in [0.15, 0.2) is 9.84 Å². The van der Waals surface area contributed by atoms with E-state index in [2.05, 4.69) is 26.6 Å². The number of rotatable bonds is 2. The summed E-state index contributed by atoms with van der Waals surface area (Å²) in [6, 6.07) is 4.92. The second kappa shape index (κ2) is 5.50. The van der Waals surface area contributed by atoms with Gasteiger partial charge in [0.1, 0.15) is 0 Å².